The smallest absolute Gasteiger partial charge is 0.178 e. The number of fused-ring (bicyclic) bond motifs is 5. The highest BCUT2D eigenvalue weighted by molar-refractivity contribution is 7.91. The third-order valence-electron chi connectivity index (χ3n) is 14.4. The summed E-state index contributed by atoms with van der Waals surface area (Å²) in [6.45, 7) is 15.3. The predicted molar refractivity (Wildman–Crippen MR) is 184 cm³/mol. The summed E-state index contributed by atoms with van der Waals surface area (Å²) in [5, 5.41) is 0. The van der Waals surface area contributed by atoms with E-state index in [0.717, 1.165) is 80.3 Å². The average Bonchev–Trinajstić information content (AvgIpc) is 3.36. The van der Waals surface area contributed by atoms with Crippen LogP contribution in [0.1, 0.15) is 130 Å². The molecule has 1 aromatic rings. The van der Waals surface area contributed by atoms with Crippen molar-refractivity contribution in [2.75, 3.05) is 12.4 Å². The van der Waals surface area contributed by atoms with Crippen molar-refractivity contribution in [2.45, 2.75) is 149 Å². The molecule has 1 heterocycles. The molecule has 11 atom stereocenters. The molecule has 0 N–H and O–H groups in total. The van der Waals surface area contributed by atoms with Crippen LogP contribution >= 0.6 is 0 Å². The molecule has 2 unspecified atom stereocenters. The second-order valence-corrected chi connectivity index (χ2v) is 19.4. The molecule has 4 nitrogen and oxygen atoms in total. The summed E-state index contributed by atoms with van der Waals surface area (Å²) in [6, 6.07) is 7.50. The first-order valence-electron chi connectivity index (χ1n) is 19.0. The first-order valence-corrected chi connectivity index (χ1v) is 20.6. The van der Waals surface area contributed by atoms with E-state index in [-0.39, 0.29) is 29.5 Å². The quantitative estimate of drug-likeness (QED) is 0.239. The molecular formula is C40H64O4S. The van der Waals surface area contributed by atoms with Gasteiger partial charge in [-0.25, -0.2) is 8.42 Å². The SMILES string of the molecule is Cc1ccc(S(=O)(=O)CC2[C@H](OC3CCCCO3)CC[C@@]3(C)[C@H]2CC[C@@H]2[C@@H]3CC[C@]3(C)[C@@H]([C@H](C)CCCC(C)C)CC[C@@H]23)cc1. The Labute approximate surface area is 276 Å². The maximum Gasteiger partial charge on any atom is 0.178 e. The van der Waals surface area contributed by atoms with Crippen LogP contribution in [-0.2, 0) is 19.3 Å². The van der Waals surface area contributed by atoms with E-state index in [2.05, 4.69) is 34.6 Å². The van der Waals surface area contributed by atoms with Crippen LogP contribution in [0.3, 0.4) is 0 Å². The molecule has 5 fully saturated rings. The largest absolute Gasteiger partial charge is 0.353 e. The van der Waals surface area contributed by atoms with Crippen LogP contribution in [0.5, 0.6) is 0 Å². The molecule has 6 rings (SSSR count). The van der Waals surface area contributed by atoms with Gasteiger partial charge in [0.1, 0.15) is 0 Å². The molecule has 1 aliphatic heterocycles. The lowest BCUT2D eigenvalue weighted by Gasteiger charge is -2.63. The van der Waals surface area contributed by atoms with Gasteiger partial charge in [0.15, 0.2) is 16.1 Å². The zero-order valence-electron chi connectivity index (χ0n) is 29.4. The van der Waals surface area contributed by atoms with Gasteiger partial charge in [-0.1, -0.05) is 71.6 Å². The van der Waals surface area contributed by atoms with Crippen molar-refractivity contribution in [3.8, 4) is 0 Å². The molecular weight excluding hydrogens is 577 g/mol. The van der Waals surface area contributed by atoms with Gasteiger partial charge in [0.25, 0.3) is 0 Å². The van der Waals surface area contributed by atoms with Crippen molar-refractivity contribution in [3.05, 3.63) is 29.8 Å². The van der Waals surface area contributed by atoms with Gasteiger partial charge >= 0.3 is 0 Å². The number of hydrogen-bond donors (Lipinski definition) is 0. The van der Waals surface area contributed by atoms with E-state index in [9.17, 15) is 8.42 Å². The number of ether oxygens (including phenoxy) is 2. The minimum absolute atomic E-state index is 0.0205. The normalized spacial score (nSPS) is 40.9. The van der Waals surface area contributed by atoms with Gasteiger partial charge in [-0.3, -0.25) is 0 Å². The van der Waals surface area contributed by atoms with Crippen LogP contribution in [0.4, 0.5) is 0 Å². The molecule has 5 heteroatoms. The Kier molecular flexibility index (Phi) is 10.2. The molecule has 0 bridgehead atoms. The molecule has 0 aromatic heterocycles. The van der Waals surface area contributed by atoms with Crippen LogP contribution in [0.2, 0.25) is 0 Å². The van der Waals surface area contributed by atoms with E-state index in [1.165, 1.54) is 51.4 Å². The Hall–Kier alpha value is -0.910. The highest BCUT2D eigenvalue weighted by Crippen LogP contribution is 2.69. The Morgan fingerprint density at radius 3 is 2.27 bits per heavy atom. The van der Waals surface area contributed by atoms with E-state index in [0.29, 0.717) is 22.1 Å². The number of hydrogen-bond acceptors (Lipinski definition) is 4. The summed E-state index contributed by atoms with van der Waals surface area (Å²) < 4.78 is 40.9. The van der Waals surface area contributed by atoms with Gasteiger partial charge in [0.05, 0.1) is 16.8 Å². The van der Waals surface area contributed by atoms with E-state index in [4.69, 9.17) is 9.47 Å². The molecule has 0 amide bonds. The van der Waals surface area contributed by atoms with E-state index in [1.54, 1.807) is 0 Å². The van der Waals surface area contributed by atoms with Crippen molar-refractivity contribution < 1.29 is 17.9 Å². The van der Waals surface area contributed by atoms with Crippen molar-refractivity contribution in [2.24, 2.45) is 58.2 Å². The molecule has 0 radical (unpaired) electrons. The number of rotatable bonds is 10. The summed E-state index contributed by atoms with van der Waals surface area (Å²) >= 11 is 0. The Balaban J connectivity index is 1.23. The fraction of sp³-hybridized carbons (Fsp3) is 0.850. The van der Waals surface area contributed by atoms with E-state index in [1.807, 2.05) is 31.2 Å². The van der Waals surface area contributed by atoms with Gasteiger partial charge < -0.3 is 9.47 Å². The van der Waals surface area contributed by atoms with E-state index < -0.39 is 9.84 Å². The van der Waals surface area contributed by atoms with Crippen LogP contribution < -0.4 is 0 Å². The molecule has 254 valence electrons. The fourth-order valence-corrected chi connectivity index (χ4v) is 13.7. The third kappa shape index (κ3) is 6.71. The van der Waals surface area contributed by atoms with Crippen molar-refractivity contribution >= 4 is 9.84 Å². The minimum Gasteiger partial charge on any atom is -0.353 e. The molecule has 5 aliphatic rings. The molecule has 1 aromatic carbocycles. The zero-order chi connectivity index (χ0) is 32.0. The highest BCUT2D eigenvalue weighted by Gasteiger charge is 2.62. The number of sulfone groups is 1. The van der Waals surface area contributed by atoms with Gasteiger partial charge in [0.2, 0.25) is 0 Å². The molecule has 4 aliphatic carbocycles. The Morgan fingerprint density at radius 1 is 0.844 bits per heavy atom. The number of aryl methyl sites for hydroxylation is 1. The van der Waals surface area contributed by atoms with Crippen LogP contribution in [0.15, 0.2) is 29.2 Å². The molecule has 1 saturated heterocycles. The van der Waals surface area contributed by atoms with Crippen LogP contribution in [0, 0.1) is 65.1 Å². The van der Waals surface area contributed by atoms with Crippen molar-refractivity contribution in [3.63, 3.8) is 0 Å². The fourth-order valence-electron chi connectivity index (χ4n) is 12.0. The highest BCUT2D eigenvalue weighted by atomic mass is 32.2. The summed E-state index contributed by atoms with van der Waals surface area (Å²) in [7, 11) is -3.43. The summed E-state index contributed by atoms with van der Waals surface area (Å²) in [6.07, 6.45) is 17.1. The Morgan fingerprint density at radius 2 is 1.56 bits per heavy atom. The maximum atomic E-state index is 14.0. The second kappa shape index (κ2) is 13.5. The standard InChI is InChI=1S/C40H64O4S/c1-27(2)10-9-11-29(4)33-19-20-34-31-17-18-35-32(26-45(41,42)30-15-13-28(3)14-16-30)37(44-38-12-7-8-25-43-38)22-24-40(35,6)36(31)21-23-39(33,34)5/h13-16,27,29,31-38H,7-12,17-26H2,1-6H3/t29-,31+,32?,33-,34+,35+,36+,37-,38?,39-,40+/m1/s1. The predicted octanol–water partition coefficient (Wildman–Crippen LogP) is 10.0. The van der Waals surface area contributed by atoms with Crippen LogP contribution in [0.25, 0.3) is 0 Å². The first kappa shape index (κ1) is 34.0. The third-order valence-corrected chi connectivity index (χ3v) is 16.2. The zero-order valence-corrected chi connectivity index (χ0v) is 30.3. The second-order valence-electron chi connectivity index (χ2n) is 17.4. The van der Waals surface area contributed by atoms with Crippen LogP contribution in [-0.4, -0.2) is 33.2 Å². The first-order chi connectivity index (χ1) is 21.4. The molecule has 4 saturated carbocycles. The topological polar surface area (TPSA) is 52.6 Å². The Bertz CT molecular complexity index is 1240. The summed E-state index contributed by atoms with van der Waals surface area (Å²) in [5.74, 6) is 5.45. The van der Waals surface area contributed by atoms with Gasteiger partial charge in [-0.2, -0.15) is 0 Å². The van der Waals surface area contributed by atoms with Gasteiger partial charge in [0, 0.05) is 12.5 Å². The lowest BCUT2D eigenvalue weighted by atomic mass is 9.43. The average molecular weight is 641 g/mol. The number of benzene rings is 1. The van der Waals surface area contributed by atoms with Crippen molar-refractivity contribution in [1.82, 2.24) is 0 Å². The maximum absolute atomic E-state index is 14.0. The lowest BCUT2D eigenvalue weighted by Crippen LogP contribution is -2.58. The monoisotopic (exact) mass is 640 g/mol. The lowest BCUT2D eigenvalue weighted by molar-refractivity contribution is -0.227. The van der Waals surface area contributed by atoms with Crippen molar-refractivity contribution in [1.29, 1.82) is 0 Å². The summed E-state index contributed by atoms with van der Waals surface area (Å²) in [4.78, 5) is 0.467. The van der Waals surface area contributed by atoms with Gasteiger partial charge in [-0.15, -0.1) is 0 Å². The van der Waals surface area contributed by atoms with E-state index >= 15 is 0 Å². The molecule has 45 heavy (non-hydrogen) atoms. The molecule has 0 spiro atoms. The summed E-state index contributed by atoms with van der Waals surface area (Å²) in [5.41, 5.74) is 1.76. The minimum atomic E-state index is -3.43. The van der Waals surface area contributed by atoms with Gasteiger partial charge in [-0.05, 0) is 142 Å².